The zero-order valence-electron chi connectivity index (χ0n) is 3.92. The molecule has 0 aromatic heterocycles. The minimum Gasteiger partial charge on any atom is -0.399 e. The van der Waals surface area contributed by atoms with E-state index < -0.39 is 0 Å². The van der Waals surface area contributed by atoms with Crippen LogP contribution < -0.4 is 5.73 Å². The van der Waals surface area contributed by atoms with E-state index in [2.05, 4.69) is 22.2 Å². The summed E-state index contributed by atoms with van der Waals surface area (Å²) in [5.74, 6) is 0. The van der Waals surface area contributed by atoms with E-state index >= 15 is 0 Å². The highest BCUT2D eigenvalue weighted by Gasteiger charge is 1.72. The highest BCUT2D eigenvalue weighted by atomic mass is 32.1. The molecule has 0 heterocycles. The van der Waals surface area contributed by atoms with Gasteiger partial charge < -0.3 is 10.6 Å². The Morgan fingerprint density at radius 2 is 2.57 bits per heavy atom. The summed E-state index contributed by atoms with van der Waals surface area (Å²) < 4.78 is 0. The summed E-state index contributed by atoms with van der Waals surface area (Å²) in [6, 6.07) is 0. The lowest BCUT2D eigenvalue weighted by Crippen LogP contribution is -2.08. The van der Waals surface area contributed by atoms with Gasteiger partial charge in [-0.1, -0.05) is 17.4 Å². The average Bonchev–Trinajstić information content (AvgIpc) is 1.61. The summed E-state index contributed by atoms with van der Waals surface area (Å²) in [5.41, 5.74) is 4.98. The topological polar surface area (TPSA) is 47.6 Å². The third-order valence-electron chi connectivity index (χ3n) is 0.285. The molecule has 0 unspecified atom stereocenters. The van der Waals surface area contributed by atoms with Gasteiger partial charge in [0.1, 0.15) is 18.3 Å². The lowest BCUT2D eigenvalue weighted by atomic mass is 10.8. The van der Waals surface area contributed by atoms with Crippen molar-refractivity contribution in [2.75, 3.05) is 7.11 Å². The number of hydrogen-bond donors (Lipinski definition) is 1. The van der Waals surface area contributed by atoms with Gasteiger partial charge in [-0.3, -0.25) is 0 Å². The van der Waals surface area contributed by atoms with E-state index in [9.17, 15) is 0 Å². The Morgan fingerprint density at radius 1 is 2.00 bits per heavy atom. The number of nitrogens with zero attached hydrogens (tertiary/aromatic N) is 1. The molecule has 0 aliphatic heterocycles. The van der Waals surface area contributed by atoms with Gasteiger partial charge in [0.15, 0.2) is 0 Å². The van der Waals surface area contributed by atoms with E-state index in [1.54, 1.807) is 0 Å². The molecule has 0 saturated heterocycles. The predicted molar refractivity (Wildman–Crippen MR) is 32.3 cm³/mol. The van der Waals surface area contributed by atoms with Crippen LogP contribution in [-0.4, -0.2) is 18.3 Å². The van der Waals surface area contributed by atoms with Crippen LogP contribution in [0.4, 0.5) is 0 Å². The standard InChI is InChI=1S/C3H6N2OS/c1-6-5-2-3(4)7/h2H,1H3,(H2,4,7). The Labute approximate surface area is 47.1 Å². The Balaban J connectivity index is 3.26. The van der Waals surface area contributed by atoms with Gasteiger partial charge in [0.05, 0.1) is 0 Å². The first-order chi connectivity index (χ1) is 3.27. The minimum absolute atomic E-state index is 0.224. The van der Waals surface area contributed by atoms with Crippen LogP contribution in [0, 0.1) is 0 Å². The number of nitrogens with two attached hydrogens (primary N) is 1. The van der Waals surface area contributed by atoms with Crippen LogP contribution in [0.5, 0.6) is 0 Å². The zero-order valence-corrected chi connectivity index (χ0v) is 4.73. The smallest absolute Gasteiger partial charge is 0.118 e. The Kier molecular flexibility index (Phi) is 3.22. The third kappa shape index (κ3) is 5.36. The molecule has 0 bridgehead atoms. The second-order valence-electron chi connectivity index (χ2n) is 0.819. The van der Waals surface area contributed by atoms with Crippen LogP contribution in [0.1, 0.15) is 0 Å². The maximum Gasteiger partial charge on any atom is 0.118 e. The fourth-order valence-electron chi connectivity index (χ4n) is 0.105. The molecule has 0 radical (unpaired) electrons. The number of thiocarbonyl (C=S) groups is 1. The minimum atomic E-state index is 0.224. The van der Waals surface area contributed by atoms with Crippen LogP contribution in [0.2, 0.25) is 0 Å². The van der Waals surface area contributed by atoms with Crippen molar-refractivity contribution in [3.8, 4) is 0 Å². The number of oxime groups is 1. The summed E-state index contributed by atoms with van der Waals surface area (Å²) in [6.07, 6.45) is 1.26. The molecule has 0 aromatic rings. The van der Waals surface area contributed by atoms with Gasteiger partial charge in [0, 0.05) is 0 Å². The Morgan fingerprint density at radius 3 is 2.71 bits per heavy atom. The molecule has 4 heteroatoms. The van der Waals surface area contributed by atoms with E-state index in [0.29, 0.717) is 0 Å². The Hall–Kier alpha value is -0.640. The van der Waals surface area contributed by atoms with Gasteiger partial charge in [-0.25, -0.2) is 0 Å². The molecule has 3 nitrogen and oxygen atoms in total. The van der Waals surface area contributed by atoms with Crippen LogP contribution in [0.15, 0.2) is 5.16 Å². The van der Waals surface area contributed by atoms with E-state index in [1.165, 1.54) is 13.3 Å². The second-order valence-corrected chi connectivity index (χ2v) is 1.29. The highest BCUT2D eigenvalue weighted by molar-refractivity contribution is 7.81. The van der Waals surface area contributed by atoms with Crippen LogP contribution in [-0.2, 0) is 4.84 Å². The number of rotatable bonds is 2. The van der Waals surface area contributed by atoms with Crippen molar-refractivity contribution in [1.29, 1.82) is 0 Å². The van der Waals surface area contributed by atoms with Crippen LogP contribution >= 0.6 is 12.2 Å². The normalized spacial score (nSPS) is 9.29. The van der Waals surface area contributed by atoms with Gasteiger partial charge in [-0.05, 0) is 0 Å². The first-order valence-electron chi connectivity index (χ1n) is 1.63. The molecule has 2 N–H and O–H groups in total. The highest BCUT2D eigenvalue weighted by Crippen LogP contribution is 1.62. The van der Waals surface area contributed by atoms with E-state index in [0.717, 1.165) is 0 Å². The van der Waals surface area contributed by atoms with Crippen molar-refractivity contribution < 1.29 is 4.84 Å². The summed E-state index contributed by atoms with van der Waals surface area (Å²) in [5, 5.41) is 3.28. The molecule has 0 spiro atoms. The molecule has 0 aromatic carbocycles. The van der Waals surface area contributed by atoms with E-state index in [1.807, 2.05) is 0 Å². The molecular formula is C3H6N2OS. The largest absolute Gasteiger partial charge is 0.399 e. The fourth-order valence-corrected chi connectivity index (χ4v) is 0.148. The summed E-state index contributed by atoms with van der Waals surface area (Å²) >= 11 is 4.41. The van der Waals surface area contributed by atoms with Crippen molar-refractivity contribution in [3.05, 3.63) is 0 Å². The molecule has 0 atom stereocenters. The maximum atomic E-state index is 4.98. The molecule has 0 fully saturated rings. The van der Waals surface area contributed by atoms with Crippen molar-refractivity contribution >= 4 is 23.4 Å². The first-order valence-corrected chi connectivity index (χ1v) is 2.04. The zero-order chi connectivity index (χ0) is 5.70. The molecule has 40 valence electrons. The van der Waals surface area contributed by atoms with Crippen molar-refractivity contribution in [2.24, 2.45) is 10.9 Å². The quantitative estimate of drug-likeness (QED) is 0.313. The lowest BCUT2D eigenvalue weighted by molar-refractivity contribution is 0.216. The van der Waals surface area contributed by atoms with Gasteiger partial charge in [-0.15, -0.1) is 0 Å². The number of hydrogen-bond acceptors (Lipinski definition) is 3. The molecule has 7 heavy (non-hydrogen) atoms. The lowest BCUT2D eigenvalue weighted by Gasteiger charge is -1.81. The summed E-state index contributed by atoms with van der Waals surface area (Å²) in [4.78, 5) is 4.48. The molecule has 0 amide bonds. The molecule has 0 saturated carbocycles. The third-order valence-corrected chi connectivity index (χ3v) is 0.391. The maximum absolute atomic E-state index is 4.98. The monoisotopic (exact) mass is 118 g/mol. The fraction of sp³-hybridized carbons (Fsp3) is 0.333. The predicted octanol–water partition coefficient (Wildman–Crippen LogP) is -0.0953. The summed E-state index contributed by atoms with van der Waals surface area (Å²) in [7, 11) is 1.43. The Bertz CT molecular complexity index is 90.9. The van der Waals surface area contributed by atoms with Gasteiger partial charge in [0.25, 0.3) is 0 Å². The second kappa shape index (κ2) is 3.55. The summed E-state index contributed by atoms with van der Waals surface area (Å²) in [6.45, 7) is 0. The van der Waals surface area contributed by atoms with Gasteiger partial charge in [0.2, 0.25) is 0 Å². The molecule has 0 aliphatic rings. The average molecular weight is 118 g/mol. The molecular weight excluding hydrogens is 112 g/mol. The molecule has 0 aliphatic carbocycles. The molecule has 0 rings (SSSR count). The van der Waals surface area contributed by atoms with Crippen molar-refractivity contribution in [1.82, 2.24) is 0 Å². The SMILES string of the molecule is CON=CC(N)=S. The van der Waals surface area contributed by atoms with Crippen LogP contribution in [0.3, 0.4) is 0 Å². The van der Waals surface area contributed by atoms with Gasteiger partial charge in [-0.2, -0.15) is 0 Å². The van der Waals surface area contributed by atoms with Gasteiger partial charge >= 0.3 is 0 Å². The van der Waals surface area contributed by atoms with E-state index in [4.69, 9.17) is 5.73 Å². The van der Waals surface area contributed by atoms with Crippen LogP contribution in [0.25, 0.3) is 0 Å². The van der Waals surface area contributed by atoms with Crippen molar-refractivity contribution in [3.63, 3.8) is 0 Å². The first kappa shape index (κ1) is 6.36. The van der Waals surface area contributed by atoms with E-state index in [-0.39, 0.29) is 4.99 Å². The van der Waals surface area contributed by atoms with Crippen molar-refractivity contribution in [2.45, 2.75) is 0 Å².